The Balaban J connectivity index is 2.29. The zero-order valence-corrected chi connectivity index (χ0v) is 13.7. The number of nitrogens with zero attached hydrogens (tertiary/aromatic N) is 2. The number of amides is 1. The van der Waals surface area contributed by atoms with Crippen LogP contribution in [0.25, 0.3) is 11.1 Å². The molecule has 1 aliphatic heterocycles. The predicted octanol–water partition coefficient (Wildman–Crippen LogP) is 3.21. The van der Waals surface area contributed by atoms with Crippen LogP contribution in [0.1, 0.15) is 18.1 Å². The maximum atomic E-state index is 11.6. The van der Waals surface area contributed by atoms with E-state index < -0.39 is 4.92 Å². The summed E-state index contributed by atoms with van der Waals surface area (Å²) in [6, 6.07) is 11.3. The first-order valence-electron chi connectivity index (χ1n) is 7.82. The molecule has 1 heterocycles. The topological polar surface area (TPSA) is 75.5 Å². The van der Waals surface area contributed by atoms with Crippen molar-refractivity contribution in [3.05, 3.63) is 57.6 Å². The highest BCUT2D eigenvalue weighted by Crippen LogP contribution is 2.40. The molecule has 0 unspecified atom stereocenters. The van der Waals surface area contributed by atoms with Crippen LogP contribution in [0.15, 0.2) is 36.4 Å². The lowest BCUT2D eigenvalue weighted by Crippen LogP contribution is -2.28. The number of fused-ring (bicyclic) bond motifs is 1. The van der Waals surface area contributed by atoms with Crippen LogP contribution in [0.5, 0.6) is 0 Å². The molecule has 0 spiro atoms. The molecule has 0 saturated carbocycles. The van der Waals surface area contributed by atoms with Gasteiger partial charge in [-0.25, -0.2) is 0 Å². The SMILES string of the molecule is CC(=O)Nc1c([N+](=O)[O-])cc(-c2ccccc2)c2c1CN(C)CC2. The van der Waals surface area contributed by atoms with Gasteiger partial charge in [-0.3, -0.25) is 14.9 Å². The summed E-state index contributed by atoms with van der Waals surface area (Å²) in [4.78, 5) is 24.8. The smallest absolute Gasteiger partial charge is 0.293 e. The molecule has 6 nitrogen and oxygen atoms in total. The molecule has 2 aromatic rings. The molecule has 2 aromatic carbocycles. The first-order chi connectivity index (χ1) is 11.5. The lowest BCUT2D eigenvalue weighted by atomic mass is 9.88. The van der Waals surface area contributed by atoms with Crippen molar-refractivity contribution in [3.8, 4) is 11.1 Å². The van der Waals surface area contributed by atoms with Gasteiger partial charge in [0.25, 0.3) is 5.69 Å². The highest BCUT2D eigenvalue weighted by atomic mass is 16.6. The molecule has 1 N–H and O–H groups in total. The molecular formula is C18H19N3O3. The van der Waals surface area contributed by atoms with Crippen LogP contribution in [0.2, 0.25) is 0 Å². The molecule has 0 atom stereocenters. The second kappa shape index (κ2) is 6.41. The Morgan fingerprint density at radius 1 is 1.25 bits per heavy atom. The lowest BCUT2D eigenvalue weighted by Gasteiger charge is -2.29. The third-order valence-corrected chi connectivity index (χ3v) is 4.28. The standard InChI is InChI=1S/C18H19N3O3/c1-12(22)19-18-16-11-20(2)9-8-14(16)15(10-17(18)21(23)24)13-6-4-3-5-7-13/h3-7,10H,8-9,11H2,1-2H3,(H,19,22). The Bertz CT molecular complexity index is 803. The maximum Gasteiger partial charge on any atom is 0.293 e. The Kier molecular flexibility index (Phi) is 4.31. The number of likely N-dealkylation sites (N-methyl/N-ethyl adjacent to an activating group) is 1. The summed E-state index contributed by atoms with van der Waals surface area (Å²) in [5, 5.41) is 14.3. The van der Waals surface area contributed by atoms with Gasteiger partial charge in [0.15, 0.2) is 0 Å². The normalized spacial score (nSPS) is 14.1. The van der Waals surface area contributed by atoms with Gasteiger partial charge in [0.2, 0.25) is 5.91 Å². The minimum atomic E-state index is -0.424. The Hall–Kier alpha value is -2.73. The van der Waals surface area contributed by atoms with E-state index in [1.54, 1.807) is 6.07 Å². The molecule has 0 radical (unpaired) electrons. The number of hydrogen-bond donors (Lipinski definition) is 1. The van der Waals surface area contributed by atoms with Crippen molar-refractivity contribution >= 4 is 17.3 Å². The number of nitro groups is 1. The predicted molar refractivity (Wildman–Crippen MR) is 92.9 cm³/mol. The zero-order valence-electron chi connectivity index (χ0n) is 13.7. The fraction of sp³-hybridized carbons (Fsp3) is 0.278. The number of carbonyl (C=O) groups is 1. The minimum absolute atomic E-state index is 0.0573. The van der Waals surface area contributed by atoms with Crippen LogP contribution >= 0.6 is 0 Å². The Morgan fingerprint density at radius 2 is 1.96 bits per heavy atom. The third kappa shape index (κ3) is 3.00. The van der Waals surface area contributed by atoms with E-state index in [1.807, 2.05) is 37.4 Å². The number of rotatable bonds is 3. The lowest BCUT2D eigenvalue weighted by molar-refractivity contribution is -0.383. The second-order valence-corrected chi connectivity index (χ2v) is 6.07. The van der Waals surface area contributed by atoms with Crippen LogP contribution < -0.4 is 5.32 Å². The van der Waals surface area contributed by atoms with Gasteiger partial charge >= 0.3 is 0 Å². The number of nitrogens with one attached hydrogen (secondary N) is 1. The van der Waals surface area contributed by atoms with E-state index >= 15 is 0 Å². The fourth-order valence-corrected chi connectivity index (χ4v) is 3.21. The van der Waals surface area contributed by atoms with Crippen molar-refractivity contribution in [2.75, 3.05) is 18.9 Å². The van der Waals surface area contributed by atoms with E-state index in [-0.39, 0.29) is 11.6 Å². The highest BCUT2D eigenvalue weighted by Gasteiger charge is 2.28. The monoisotopic (exact) mass is 325 g/mol. The number of hydrogen-bond acceptors (Lipinski definition) is 4. The van der Waals surface area contributed by atoms with E-state index in [0.717, 1.165) is 35.2 Å². The molecule has 1 amide bonds. The summed E-state index contributed by atoms with van der Waals surface area (Å²) in [7, 11) is 1.97. The Labute approximate surface area is 140 Å². The minimum Gasteiger partial charge on any atom is -0.320 e. The van der Waals surface area contributed by atoms with Crippen LogP contribution in [-0.2, 0) is 17.8 Å². The van der Waals surface area contributed by atoms with E-state index in [2.05, 4.69) is 10.2 Å². The van der Waals surface area contributed by atoms with Crippen molar-refractivity contribution in [2.45, 2.75) is 19.9 Å². The summed E-state index contributed by atoms with van der Waals surface area (Å²) in [6.45, 7) is 2.82. The van der Waals surface area contributed by atoms with Gasteiger partial charge in [0.1, 0.15) is 5.69 Å². The van der Waals surface area contributed by atoms with Crippen molar-refractivity contribution in [1.29, 1.82) is 0 Å². The molecule has 124 valence electrons. The summed E-state index contributed by atoms with van der Waals surface area (Å²) >= 11 is 0. The maximum absolute atomic E-state index is 11.6. The summed E-state index contributed by atoms with van der Waals surface area (Å²) < 4.78 is 0. The fourth-order valence-electron chi connectivity index (χ4n) is 3.21. The van der Waals surface area contributed by atoms with Gasteiger partial charge in [0, 0.05) is 31.6 Å². The highest BCUT2D eigenvalue weighted by molar-refractivity contribution is 5.94. The van der Waals surface area contributed by atoms with Gasteiger partial charge in [-0.2, -0.15) is 0 Å². The van der Waals surface area contributed by atoms with Gasteiger partial charge in [0.05, 0.1) is 4.92 Å². The average Bonchev–Trinajstić information content (AvgIpc) is 2.55. The van der Waals surface area contributed by atoms with Crippen molar-refractivity contribution in [2.24, 2.45) is 0 Å². The third-order valence-electron chi connectivity index (χ3n) is 4.28. The second-order valence-electron chi connectivity index (χ2n) is 6.07. The van der Waals surface area contributed by atoms with E-state index in [9.17, 15) is 14.9 Å². The summed E-state index contributed by atoms with van der Waals surface area (Å²) in [5.74, 6) is -0.305. The molecule has 0 aromatic heterocycles. The van der Waals surface area contributed by atoms with Crippen molar-refractivity contribution in [1.82, 2.24) is 4.90 Å². The summed E-state index contributed by atoms with van der Waals surface area (Å²) in [6.07, 6.45) is 0.792. The average molecular weight is 325 g/mol. The zero-order chi connectivity index (χ0) is 17.3. The Morgan fingerprint density at radius 3 is 2.58 bits per heavy atom. The molecule has 0 saturated heterocycles. The van der Waals surface area contributed by atoms with E-state index in [4.69, 9.17) is 0 Å². The van der Waals surface area contributed by atoms with Gasteiger partial charge in [-0.15, -0.1) is 0 Å². The first kappa shape index (κ1) is 16.1. The largest absolute Gasteiger partial charge is 0.320 e. The molecule has 1 aliphatic rings. The van der Waals surface area contributed by atoms with E-state index in [0.29, 0.717) is 12.2 Å². The molecular weight excluding hydrogens is 306 g/mol. The molecule has 24 heavy (non-hydrogen) atoms. The molecule has 0 bridgehead atoms. The number of anilines is 1. The number of benzene rings is 2. The summed E-state index contributed by atoms with van der Waals surface area (Å²) in [5.41, 5.74) is 4.02. The van der Waals surface area contributed by atoms with Crippen LogP contribution in [0.4, 0.5) is 11.4 Å². The van der Waals surface area contributed by atoms with E-state index in [1.165, 1.54) is 6.92 Å². The van der Waals surface area contributed by atoms with Crippen molar-refractivity contribution < 1.29 is 9.72 Å². The number of nitro benzene ring substituents is 1. The number of carbonyl (C=O) groups excluding carboxylic acids is 1. The molecule has 0 fully saturated rings. The quantitative estimate of drug-likeness (QED) is 0.694. The van der Waals surface area contributed by atoms with Gasteiger partial charge in [-0.1, -0.05) is 30.3 Å². The van der Waals surface area contributed by atoms with Crippen LogP contribution in [0.3, 0.4) is 0 Å². The molecule has 3 rings (SSSR count). The molecule has 6 heteroatoms. The van der Waals surface area contributed by atoms with Crippen molar-refractivity contribution in [3.63, 3.8) is 0 Å². The molecule has 0 aliphatic carbocycles. The van der Waals surface area contributed by atoms with Gasteiger partial charge in [-0.05, 0) is 30.2 Å². The van der Waals surface area contributed by atoms with Gasteiger partial charge < -0.3 is 10.2 Å². The van der Waals surface area contributed by atoms with Crippen LogP contribution in [0, 0.1) is 10.1 Å². The van der Waals surface area contributed by atoms with Crippen LogP contribution in [-0.4, -0.2) is 29.3 Å². The first-order valence-corrected chi connectivity index (χ1v) is 7.82.